The maximum atomic E-state index is 11.9. The molecule has 27 heavy (non-hydrogen) atoms. The molecule has 140 valence electrons. The molecule has 5 nitrogen and oxygen atoms in total. The summed E-state index contributed by atoms with van der Waals surface area (Å²) in [6, 6.07) is 7.81. The van der Waals surface area contributed by atoms with Crippen molar-refractivity contribution in [1.29, 1.82) is 0 Å². The summed E-state index contributed by atoms with van der Waals surface area (Å²) in [5, 5.41) is 3.87. The summed E-state index contributed by atoms with van der Waals surface area (Å²) in [6.45, 7) is 0.191. The average molecular weight is 446 g/mol. The van der Waals surface area contributed by atoms with E-state index in [9.17, 15) is 9.59 Å². The van der Waals surface area contributed by atoms with Gasteiger partial charge in [-0.2, -0.15) is 0 Å². The van der Waals surface area contributed by atoms with Crippen LogP contribution in [0.3, 0.4) is 0 Å². The zero-order valence-electron chi connectivity index (χ0n) is 13.9. The molecule has 1 N–H and O–H groups in total. The van der Waals surface area contributed by atoms with E-state index in [4.69, 9.17) is 51.1 Å². The first-order valence-electron chi connectivity index (χ1n) is 7.63. The molecule has 0 saturated carbocycles. The molecule has 0 aromatic heterocycles. The third kappa shape index (κ3) is 4.33. The molecular formula is C18H12Cl4N2O3. The zero-order chi connectivity index (χ0) is 19.7. The number of urea groups is 1. The molecule has 1 aliphatic rings. The molecule has 9 heteroatoms. The van der Waals surface area contributed by atoms with Gasteiger partial charge in [-0.05, 0) is 41.5 Å². The number of ether oxygens (including phenoxy) is 1. The Kier molecular flexibility index (Phi) is 5.86. The number of halogens is 4. The fraction of sp³-hybridized carbons (Fsp3) is 0.111. The molecule has 0 unspecified atom stereocenters. The third-order valence-corrected chi connectivity index (χ3v) is 5.08. The third-order valence-electron chi connectivity index (χ3n) is 3.78. The molecule has 0 atom stereocenters. The number of hydrogen-bond acceptors (Lipinski definition) is 3. The summed E-state index contributed by atoms with van der Waals surface area (Å²) in [5.41, 5.74) is 1.48. The van der Waals surface area contributed by atoms with Crippen molar-refractivity contribution in [3.8, 4) is 5.75 Å². The van der Waals surface area contributed by atoms with Gasteiger partial charge in [-0.25, -0.2) is 4.79 Å². The summed E-state index contributed by atoms with van der Waals surface area (Å²) in [5.74, 6) is -0.141. The van der Waals surface area contributed by atoms with Gasteiger partial charge in [0, 0.05) is 7.05 Å². The fourth-order valence-electron chi connectivity index (χ4n) is 2.38. The van der Waals surface area contributed by atoms with Gasteiger partial charge in [0.2, 0.25) is 0 Å². The maximum Gasteiger partial charge on any atom is 0.328 e. The van der Waals surface area contributed by atoms with E-state index < -0.39 is 11.9 Å². The Morgan fingerprint density at radius 3 is 2.22 bits per heavy atom. The molecular weight excluding hydrogens is 434 g/mol. The minimum atomic E-state index is -0.495. The lowest BCUT2D eigenvalue weighted by Crippen LogP contribution is -2.25. The lowest BCUT2D eigenvalue weighted by Gasteiger charge is -2.11. The standard InChI is InChI=1S/C18H12Cl4N2O3/c1-24-17(25)15(23-18(24)26)7-10-5-13(21)16(14(22)6-10)27-8-9-2-3-11(19)12(20)4-9/h2-7H,8H2,1H3,(H,23,26)/b15-7+. The van der Waals surface area contributed by atoms with E-state index >= 15 is 0 Å². The predicted octanol–water partition coefficient (Wildman–Crippen LogP) is 5.40. The van der Waals surface area contributed by atoms with E-state index in [0.717, 1.165) is 10.5 Å². The summed E-state index contributed by atoms with van der Waals surface area (Å²) in [7, 11) is 1.39. The first-order valence-corrected chi connectivity index (χ1v) is 9.14. The Hall–Kier alpha value is -1.92. The van der Waals surface area contributed by atoms with Crippen molar-refractivity contribution in [3.05, 3.63) is 67.2 Å². The number of carbonyl (C=O) groups is 2. The minimum Gasteiger partial charge on any atom is -0.486 e. The monoisotopic (exact) mass is 444 g/mol. The highest BCUT2D eigenvalue weighted by molar-refractivity contribution is 6.42. The van der Waals surface area contributed by atoms with Crippen molar-refractivity contribution in [2.24, 2.45) is 0 Å². The Bertz CT molecular complexity index is 952. The zero-order valence-corrected chi connectivity index (χ0v) is 16.9. The van der Waals surface area contributed by atoms with Gasteiger partial charge >= 0.3 is 6.03 Å². The molecule has 2 aromatic carbocycles. The van der Waals surface area contributed by atoms with Crippen molar-refractivity contribution in [1.82, 2.24) is 10.2 Å². The van der Waals surface area contributed by atoms with E-state index in [-0.39, 0.29) is 22.3 Å². The van der Waals surface area contributed by atoms with Crippen molar-refractivity contribution >= 4 is 64.4 Å². The maximum absolute atomic E-state index is 11.9. The SMILES string of the molecule is CN1C(=O)N/C(=C/c2cc(Cl)c(OCc3ccc(Cl)c(Cl)c3)c(Cl)c2)C1=O. The molecule has 2 aromatic rings. The molecule has 1 heterocycles. The number of benzene rings is 2. The molecule has 3 amide bonds. The van der Waals surface area contributed by atoms with Crippen LogP contribution in [0.25, 0.3) is 6.08 Å². The second-order valence-electron chi connectivity index (χ2n) is 5.70. The Morgan fingerprint density at radius 2 is 1.67 bits per heavy atom. The van der Waals surface area contributed by atoms with Gasteiger partial charge in [0.05, 0.1) is 20.1 Å². The summed E-state index contributed by atoms with van der Waals surface area (Å²) in [4.78, 5) is 24.4. The highest BCUT2D eigenvalue weighted by Crippen LogP contribution is 2.36. The molecule has 1 aliphatic heterocycles. The summed E-state index contributed by atoms with van der Waals surface area (Å²) >= 11 is 24.4. The first kappa shape index (κ1) is 19.8. The van der Waals surface area contributed by atoms with Gasteiger partial charge < -0.3 is 10.1 Å². The molecule has 0 spiro atoms. The number of amides is 3. The molecule has 1 fully saturated rings. The number of likely N-dealkylation sites (N-methyl/N-ethyl adjacent to an activating group) is 1. The van der Waals surface area contributed by atoms with Crippen LogP contribution in [0.5, 0.6) is 5.75 Å². The van der Waals surface area contributed by atoms with Gasteiger partial charge in [0.25, 0.3) is 5.91 Å². The number of nitrogens with zero attached hydrogens (tertiary/aromatic N) is 1. The van der Waals surface area contributed by atoms with Crippen molar-refractivity contribution in [2.45, 2.75) is 6.61 Å². The number of hydrogen-bond donors (Lipinski definition) is 1. The number of imide groups is 1. The van der Waals surface area contributed by atoms with Crippen LogP contribution < -0.4 is 10.1 Å². The normalized spacial score (nSPS) is 15.4. The van der Waals surface area contributed by atoms with Crippen LogP contribution in [-0.4, -0.2) is 23.9 Å². The molecule has 0 aliphatic carbocycles. The highest BCUT2D eigenvalue weighted by Gasteiger charge is 2.30. The summed E-state index contributed by atoms with van der Waals surface area (Å²) in [6.07, 6.45) is 1.49. The van der Waals surface area contributed by atoms with Crippen LogP contribution in [0.2, 0.25) is 20.1 Å². The van der Waals surface area contributed by atoms with E-state index in [1.54, 1.807) is 30.3 Å². The second kappa shape index (κ2) is 7.98. The van der Waals surface area contributed by atoms with Crippen LogP contribution in [0, 0.1) is 0 Å². The van der Waals surface area contributed by atoms with E-state index in [1.165, 1.54) is 13.1 Å². The minimum absolute atomic E-state index is 0.138. The molecule has 0 bridgehead atoms. The Morgan fingerprint density at radius 1 is 1.00 bits per heavy atom. The fourth-order valence-corrected chi connectivity index (χ4v) is 3.31. The largest absolute Gasteiger partial charge is 0.486 e. The van der Waals surface area contributed by atoms with E-state index in [1.807, 2.05) is 0 Å². The molecule has 3 rings (SSSR count). The van der Waals surface area contributed by atoms with Crippen molar-refractivity contribution in [2.75, 3.05) is 7.05 Å². The van der Waals surface area contributed by atoms with Gasteiger partial charge in [0.15, 0.2) is 5.75 Å². The van der Waals surface area contributed by atoms with Crippen molar-refractivity contribution in [3.63, 3.8) is 0 Å². The quantitative estimate of drug-likeness (QED) is 0.506. The van der Waals surface area contributed by atoms with Gasteiger partial charge in [0.1, 0.15) is 12.3 Å². The van der Waals surface area contributed by atoms with Gasteiger partial charge in [-0.3, -0.25) is 9.69 Å². The lowest BCUT2D eigenvalue weighted by molar-refractivity contribution is -0.121. The van der Waals surface area contributed by atoms with Crippen LogP contribution in [0.15, 0.2) is 36.0 Å². The average Bonchev–Trinajstić information content (AvgIpc) is 2.84. The first-order chi connectivity index (χ1) is 12.8. The van der Waals surface area contributed by atoms with Gasteiger partial charge in [-0.15, -0.1) is 0 Å². The topological polar surface area (TPSA) is 58.6 Å². The molecule has 1 saturated heterocycles. The highest BCUT2D eigenvalue weighted by atomic mass is 35.5. The smallest absolute Gasteiger partial charge is 0.328 e. The molecule has 0 radical (unpaired) electrons. The van der Waals surface area contributed by atoms with Crippen LogP contribution in [0.4, 0.5) is 4.79 Å². The summed E-state index contributed by atoms with van der Waals surface area (Å²) < 4.78 is 5.70. The lowest BCUT2D eigenvalue weighted by atomic mass is 10.1. The number of rotatable bonds is 4. The van der Waals surface area contributed by atoms with E-state index in [2.05, 4.69) is 5.32 Å². The van der Waals surface area contributed by atoms with Crippen molar-refractivity contribution < 1.29 is 14.3 Å². The van der Waals surface area contributed by atoms with Crippen LogP contribution >= 0.6 is 46.4 Å². The second-order valence-corrected chi connectivity index (χ2v) is 7.33. The predicted molar refractivity (Wildman–Crippen MR) is 107 cm³/mol. The van der Waals surface area contributed by atoms with Crippen LogP contribution in [-0.2, 0) is 11.4 Å². The van der Waals surface area contributed by atoms with Crippen LogP contribution in [0.1, 0.15) is 11.1 Å². The van der Waals surface area contributed by atoms with E-state index in [0.29, 0.717) is 21.4 Å². The number of nitrogens with one attached hydrogen (secondary N) is 1. The number of carbonyl (C=O) groups excluding carboxylic acids is 2. The Labute approximate surface area is 175 Å². The Balaban J connectivity index is 1.80. The van der Waals surface area contributed by atoms with Gasteiger partial charge in [-0.1, -0.05) is 52.5 Å².